The highest BCUT2D eigenvalue weighted by atomic mass is 79.9. The Morgan fingerprint density at radius 3 is 2.71 bits per heavy atom. The van der Waals surface area contributed by atoms with Gasteiger partial charge in [-0.2, -0.15) is 0 Å². The van der Waals surface area contributed by atoms with Crippen molar-refractivity contribution in [3.8, 4) is 0 Å². The Morgan fingerprint density at radius 2 is 2.12 bits per heavy atom. The van der Waals surface area contributed by atoms with Crippen molar-refractivity contribution in [2.75, 3.05) is 0 Å². The zero-order valence-electron chi connectivity index (χ0n) is 10.8. The van der Waals surface area contributed by atoms with E-state index in [1.807, 2.05) is 11.3 Å². The predicted octanol–water partition coefficient (Wildman–Crippen LogP) is 4.88. The van der Waals surface area contributed by atoms with Gasteiger partial charge in [0.15, 0.2) is 0 Å². The fourth-order valence-electron chi connectivity index (χ4n) is 2.67. The molecule has 3 heteroatoms. The maximum Gasteiger partial charge on any atom is 0.0314 e. The van der Waals surface area contributed by atoms with E-state index in [1.165, 1.54) is 46.3 Å². The maximum absolute atomic E-state index is 3.70. The number of halogens is 1. The molecule has 1 atom stereocenters. The summed E-state index contributed by atoms with van der Waals surface area (Å²) in [5, 5.41) is 3.70. The molecule has 0 spiro atoms. The summed E-state index contributed by atoms with van der Waals surface area (Å²) < 4.78 is 1.25. The lowest BCUT2D eigenvalue weighted by Crippen LogP contribution is -2.33. The molecule has 1 aromatic rings. The van der Waals surface area contributed by atoms with Crippen LogP contribution in [-0.4, -0.2) is 6.04 Å². The molecule has 1 N–H and O–H groups in total. The molecule has 1 heterocycles. The Hall–Kier alpha value is 0.140. The molecule has 0 unspecified atom stereocenters. The summed E-state index contributed by atoms with van der Waals surface area (Å²) in [6, 6.07) is 2.91. The van der Waals surface area contributed by atoms with Gasteiger partial charge in [-0.05, 0) is 54.6 Å². The standard InChI is InChI=1S/C14H22BrNS/c1-10(12-6-4-3-5-7-12)16-9-13-8-14(15)11(2)17-13/h8,10,12,16H,3-7,9H2,1-2H3/t10-/m0/s1. The van der Waals surface area contributed by atoms with Crippen LogP contribution in [0.4, 0.5) is 0 Å². The lowest BCUT2D eigenvalue weighted by Gasteiger charge is -2.28. The fourth-order valence-corrected chi connectivity index (χ4v) is 4.22. The Bertz CT molecular complexity index is 336. The van der Waals surface area contributed by atoms with E-state index >= 15 is 0 Å². The predicted molar refractivity (Wildman–Crippen MR) is 79.6 cm³/mol. The third kappa shape index (κ3) is 3.80. The number of thiophene rings is 1. The quantitative estimate of drug-likeness (QED) is 0.835. The van der Waals surface area contributed by atoms with Crippen LogP contribution < -0.4 is 5.32 Å². The molecule has 0 aliphatic heterocycles. The van der Waals surface area contributed by atoms with Crippen molar-refractivity contribution in [3.05, 3.63) is 20.3 Å². The van der Waals surface area contributed by atoms with Crippen LogP contribution in [0.2, 0.25) is 0 Å². The van der Waals surface area contributed by atoms with Gasteiger partial charge in [0.25, 0.3) is 0 Å². The number of aryl methyl sites for hydroxylation is 1. The van der Waals surface area contributed by atoms with E-state index in [4.69, 9.17) is 0 Å². The largest absolute Gasteiger partial charge is 0.309 e. The Kier molecular flexibility index (Phi) is 5.07. The summed E-state index contributed by atoms with van der Waals surface area (Å²) in [5.41, 5.74) is 0. The minimum atomic E-state index is 0.663. The summed E-state index contributed by atoms with van der Waals surface area (Å²) in [5.74, 6) is 0.897. The monoisotopic (exact) mass is 315 g/mol. The second-order valence-electron chi connectivity index (χ2n) is 5.18. The molecule has 1 nitrogen and oxygen atoms in total. The number of hydrogen-bond acceptors (Lipinski definition) is 2. The Labute approximate surface area is 117 Å². The van der Waals surface area contributed by atoms with E-state index < -0.39 is 0 Å². The van der Waals surface area contributed by atoms with Gasteiger partial charge < -0.3 is 5.32 Å². The molecule has 2 rings (SSSR count). The van der Waals surface area contributed by atoms with Gasteiger partial charge in [-0.15, -0.1) is 11.3 Å². The van der Waals surface area contributed by atoms with Crippen molar-refractivity contribution in [2.45, 2.75) is 58.5 Å². The molecule has 17 heavy (non-hydrogen) atoms. The number of nitrogens with one attached hydrogen (secondary N) is 1. The number of rotatable bonds is 4. The third-order valence-electron chi connectivity index (χ3n) is 3.86. The van der Waals surface area contributed by atoms with Crippen LogP contribution in [0.15, 0.2) is 10.5 Å². The highest BCUT2D eigenvalue weighted by Gasteiger charge is 2.19. The maximum atomic E-state index is 3.70. The SMILES string of the molecule is Cc1sc(CN[C@@H](C)C2CCCCC2)cc1Br. The zero-order chi connectivity index (χ0) is 12.3. The van der Waals surface area contributed by atoms with Crippen molar-refractivity contribution in [3.63, 3.8) is 0 Å². The van der Waals surface area contributed by atoms with Crippen LogP contribution in [0, 0.1) is 12.8 Å². The molecule has 96 valence electrons. The lowest BCUT2D eigenvalue weighted by atomic mass is 9.84. The van der Waals surface area contributed by atoms with E-state index in [1.54, 1.807) is 0 Å². The average molecular weight is 316 g/mol. The molecule has 0 amide bonds. The minimum absolute atomic E-state index is 0.663. The van der Waals surface area contributed by atoms with Crippen LogP contribution >= 0.6 is 27.3 Å². The van der Waals surface area contributed by atoms with Crippen molar-refractivity contribution >= 4 is 27.3 Å². The lowest BCUT2D eigenvalue weighted by molar-refractivity contribution is 0.281. The zero-order valence-corrected chi connectivity index (χ0v) is 13.2. The summed E-state index contributed by atoms with van der Waals surface area (Å²) in [6.07, 6.45) is 7.14. The van der Waals surface area contributed by atoms with Crippen LogP contribution in [0.5, 0.6) is 0 Å². The molecule has 0 saturated heterocycles. The van der Waals surface area contributed by atoms with Gasteiger partial charge in [0.1, 0.15) is 0 Å². The van der Waals surface area contributed by atoms with Gasteiger partial charge in [-0.1, -0.05) is 19.3 Å². The van der Waals surface area contributed by atoms with Gasteiger partial charge in [0, 0.05) is 26.8 Å². The van der Waals surface area contributed by atoms with Crippen molar-refractivity contribution in [1.82, 2.24) is 5.32 Å². The highest BCUT2D eigenvalue weighted by Crippen LogP contribution is 2.28. The molecule has 1 aromatic heterocycles. The summed E-state index contributed by atoms with van der Waals surface area (Å²) in [7, 11) is 0. The highest BCUT2D eigenvalue weighted by molar-refractivity contribution is 9.10. The second-order valence-corrected chi connectivity index (χ2v) is 7.38. The molecule has 1 fully saturated rings. The van der Waals surface area contributed by atoms with E-state index in [0.29, 0.717) is 6.04 Å². The van der Waals surface area contributed by atoms with Crippen molar-refractivity contribution in [1.29, 1.82) is 0 Å². The summed E-state index contributed by atoms with van der Waals surface area (Å²) in [4.78, 5) is 2.82. The van der Waals surface area contributed by atoms with E-state index in [2.05, 4.69) is 41.2 Å². The van der Waals surface area contributed by atoms with E-state index in [0.717, 1.165) is 12.5 Å². The van der Waals surface area contributed by atoms with Crippen LogP contribution in [0.3, 0.4) is 0 Å². The average Bonchev–Trinajstić information content (AvgIpc) is 2.67. The van der Waals surface area contributed by atoms with E-state index in [9.17, 15) is 0 Å². The van der Waals surface area contributed by atoms with Crippen molar-refractivity contribution in [2.24, 2.45) is 5.92 Å². The normalized spacial score (nSPS) is 19.5. The van der Waals surface area contributed by atoms with Gasteiger partial charge in [0.05, 0.1) is 0 Å². The minimum Gasteiger partial charge on any atom is -0.309 e. The smallest absolute Gasteiger partial charge is 0.0314 e. The molecular formula is C14H22BrNS. The van der Waals surface area contributed by atoms with Gasteiger partial charge in [0.2, 0.25) is 0 Å². The van der Waals surface area contributed by atoms with Crippen LogP contribution in [0.25, 0.3) is 0 Å². The molecule has 1 saturated carbocycles. The number of hydrogen-bond donors (Lipinski definition) is 1. The van der Waals surface area contributed by atoms with Crippen LogP contribution in [0.1, 0.15) is 48.8 Å². The first-order valence-corrected chi connectivity index (χ1v) is 8.26. The van der Waals surface area contributed by atoms with Crippen LogP contribution in [-0.2, 0) is 6.54 Å². The summed E-state index contributed by atoms with van der Waals surface area (Å²) in [6.45, 7) is 5.54. The molecular weight excluding hydrogens is 294 g/mol. The van der Waals surface area contributed by atoms with Gasteiger partial charge in [-0.3, -0.25) is 0 Å². The topological polar surface area (TPSA) is 12.0 Å². The third-order valence-corrected chi connectivity index (χ3v) is 6.00. The molecule has 0 aromatic carbocycles. The molecule has 1 aliphatic rings. The van der Waals surface area contributed by atoms with Gasteiger partial charge >= 0.3 is 0 Å². The Morgan fingerprint density at radius 1 is 1.41 bits per heavy atom. The first-order valence-electron chi connectivity index (χ1n) is 6.65. The second kappa shape index (κ2) is 6.35. The molecule has 0 radical (unpaired) electrons. The van der Waals surface area contributed by atoms with E-state index in [-0.39, 0.29) is 0 Å². The summed E-state index contributed by atoms with van der Waals surface area (Å²) >= 11 is 5.48. The molecule has 1 aliphatic carbocycles. The van der Waals surface area contributed by atoms with Crippen molar-refractivity contribution < 1.29 is 0 Å². The first kappa shape index (κ1) is 13.6. The first-order chi connectivity index (χ1) is 8.16. The Balaban J connectivity index is 1.80. The molecule has 0 bridgehead atoms. The van der Waals surface area contributed by atoms with Gasteiger partial charge in [-0.25, -0.2) is 0 Å². The fraction of sp³-hybridized carbons (Fsp3) is 0.714.